The van der Waals surface area contributed by atoms with Gasteiger partial charge < -0.3 is 33.9 Å². The van der Waals surface area contributed by atoms with Crippen LogP contribution in [0, 0.1) is 0 Å². The van der Waals surface area contributed by atoms with Crippen LogP contribution >= 0.6 is 0 Å². The van der Waals surface area contributed by atoms with Crippen LogP contribution in [0.2, 0.25) is 0 Å². The minimum atomic E-state index is -0.835. The van der Waals surface area contributed by atoms with Crippen molar-refractivity contribution >= 4 is 17.4 Å². The summed E-state index contributed by atoms with van der Waals surface area (Å²) >= 11 is 0. The van der Waals surface area contributed by atoms with Crippen molar-refractivity contribution in [1.82, 2.24) is 4.90 Å². The van der Waals surface area contributed by atoms with E-state index in [4.69, 9.17) is 18.9 Å². The largest absolute Gasteiger partial charge is 0.872 e. The lowest BCUT2D eigenvalue weighted by molar-refractivity contribution is -0.908. The van der Waals surface area contributed by atoms with Crippen molar-refractivity contribution in [3.05, 3.63) is 71.8 Å². The fraction of sp³-hybridized carbons (Fsp3) is 0.379. The number of carbonyl (C=O) groups is 2. The van der Waals surface area contributed by atoms with Gasteiger partial charge in [0.15, 0.2) is 11.5 Å². The Kier molecular flexibility index (Phi) is 9.04. The van der Waals surface area contributed by atoms with Crippen LogP contribution in [-0.2, 0) is 14.3 Å². The quantitative estimate of drug-likeness (QED) is 0.202. The maximum absolute atomic E-state index is 13.7. The molecule has 2 aromatic rings. The number of hydrogen-bond acceptors (Lipinski definition) is 7. The van der Waals surface area contributed by atoms with Crippen LogP contribution in [0.3, 0.4) is 0 Å². The summed E-state index contributed by atoms with van der Waals surface area (Å²) in [6, 6.07) is 10.9. The van der Waals surface area contributed by atoms with Gasteiger partial charge in [0.1, 0.15) is 25.4 Å². The van der Waals surface area contributed by atoms with Gasteiger partial charge in [-0.3, -0.25) is 9.59 Å². The number of ether oxygens (including phenoxy) is 4. The molecule has 1 amide bonds. The summed E-state index contributed by atoms with van der Waals surface area (Å²) < 4.78 is 21.8. The SMILES string of the molecule is C=CCOc1ccc(/C([O-])=C2\C(=O)C(=O)N(CCC[NH+]3CCOCC3)C2c2ccc(OC)c(OC)c2)cc1. The third kappa shape index (κ3) is 5.84. The van der Waals surface area contributed by atoms with E-state index in [1.165, 1.54) is 24.0 Å². The van der Waals surface area contributed by atoms with Crippen molar-refractivity contribution < 1.29 is 38.5 Å². The fourth-order valence-electron chi connectivity index (χ4n) is 4.89. The van der Waals surface area contributed by atoms with Crippen molar-refractivity contribution in [2.45, 2.75) is 12.5 Å². The van der Waals surface area contributed by atoms with E-state index in [9.17, 15) is 14.7 Å². The lowest BCUT2D eigenvalue weighted by Crippen LogP contribution is -3.14. The van der Waals surface area contributed by atoms with E-state index in [1.54, 1.807) is 48.5 Å². The molecule has 202 valence electrons. The molecule has 2 aliphatic rings. The van der Waals surface area contributed by atoms with Crippen LogP contribution in [0.25, 0.3) is 5.76 Å². The van der Waals surface area contributed by atoms with Crippen LogP contribution < -0.4 is 24.2 Å². The van der Waals surface area contributed by atoms with Gasteiger partial charge in [-0.05, 0) is 35.4 Å². The number of likely N-dealkylation sites (tertiary alicyclic amines) is 1. The van der Waals surface area contributed by atoms with Gasteiger partial charge >= 0.3 is 0 Å². The Morgan fingerprint density at radius 2 is 1.82 bits per heavy atom. The Morgan fingerprint density at radius 3 is 2.47 bits per heavy atom. The van der Waals surface area contributed by atoms with Crippen LogP contribution in [0.4, 0.5) is 0 Å². The lowest BCUT2D eigenvalue weighted by Gasteiger charge is -2.29. The summed E-state index contributed by atoms with van der Waals surface area (Å²) in [6.45, 7) is 8.40. The summed E-state index contributed by atoms with van der Waals surface area (Å²) in [5.41, 5.74) is 0.841. The highest BCUT2D eigenvalue weighted by Crippen LogP contribution is 2.41. The van der Waals surface area contributed by atoms with Gasteiger partial charge in [0, 0.05) is 18.5 Å². The molecule has 38 heavy (non-hydrogen) atoms. The first-order valence-corrected chi connectivity index (χ1v) is 12.7. The van der Waals surface area contributed by atoms with Gasteiger partial charge in [-0.25, -0.2) is 0 Å². The Morgan fingerprint density at radius 1 is 1.11 bits per heavy atom. The molecule has 2 fully saturated rings. The maximum atomic E-state index is 13.7. The molecule has 9 heteroatoms. The van der Waals surface area contributed by atoms with Crippen LogP contribution in [0.1, 0.15) is 23.6 Å². The van der Waals surface area contributed by atoms with E-state index in [-0.39, 0.29) is 5.57 Å². The Balaban J connectivity index is 1.69. The van der Waals surface area contributed by atoms with Gasteiger partial charge in [-0.1, -0.05) is 36.6 Å². The first-order valence-electron chi connectivity index (χ1n) is 12.7. The molecule has 0 spiro atoms. The molecule has 0 aromatic heterocycles. The number of hydrogen-bond donors (Lipinski definition) is 1. The molecule has 1 N–H and O–H groups in total. The molecule has 1 unspecified atom stereocenters. The molecule has 0 bridgehead atoms. The normalized spacial score (nSPS) is 19.4. The predicted octanol–water partition coefficient (Wildman–Crippen LogP) is 0.798. The molecule has 2 aromatic carbocycles. The molecule has 0 saturated carbocycles. The summed E-state index contributed by atoms with van der Waals surface area (Å²) in [5.74, 6) is -0.400. The Bertz CT molecular complexity index is 1190. The molecule has 0 radical (unpaired) electrons. The molecule has 1 atom stereocenters. The molecular weight excluding hydrogens is 488 g/mol. The maximum Gasteiger partial charge on any atom is 0.295 e. The van der Waals surface area contributed by atoms with E-state index in [0.29, 0.717) is 61.2 Å². The summed E-state index contributed by atoms with van der Waals surface area (Å²) in [6.07, 6.45) is 2.32. The standard InChI is InChI=1S/C29H34N2O7/c1-4-16-38-22-9-6-20(7-10-22)27(32)25-26(21-8-11-23(35-2)24(19-21)36-3)31(29(34)28(25)33)13-5-12-30-14-17-37-18-15-30/h4,6-11,19,26,32H,1,5,12-18H2,2-3H3/b27-25+. The minimum absolute atomic E-state index is 0.0688. The number of nitrogens with one attached hydrogen (secondary N) is 1. The topological polar surface area (TPSA) is 102 Å². The van der Waals surface area contributed by atoms with E-state index in [1.807, 2.05) is 0 Å². The zero-order valence-electron chi connectivity index (χ0n) is 21.9. The van der Waals surface area contributed by atoms with E-state index < -0.39 is 23.5 Å². The number of nitrogens with zero attached hydrogens (tertiary/aromatic N) is 1. The number of methoxy groups -OCH3 is 2. The number of Topliss-reactive ketones (excluding diaryl/α,β-unsaturated/α-hetero) is 1. The molecule has 2 heterocycles. The zero-order chi connectivity index (χ0) is 27.1. The summed E-state index contributed by atoms with van der Waals surface area (Å²) in [5, 5.41) is 13.7. The van der Waals surface area contributed by atoms with Crippen molar-refractivity contribution in [3.63, 3.8) is 0 Å². The van der Waals surface area contributed by atoms with Crippen molar-refractivity contribution in [1.29, 1.82) is 0 Å². The first-order chi connectivity index (χ1) is 18.5. The minimum Gasteiger partial charge on any atom is -0.872 e. The smallest absolute Gasteiger partial charge is 0.295 e. The second kappa shape index (κ2) is 12.6. The van der Waals surface area contributed by atoms with Gasteiger partial charge in [0.25, 0.3) is 5.91 Å². The van der Waals surface area contributed by atoms with E-state index in [2.05, 4.69) is 6.58 Å². The zero-order valence-corrected chi connectivity index (χ0v) is 21.9. The molecule has 2 saturated heterocycles. The second-order valence-corrected chi connectivity index (χ2v) is 9.18. The van der Waals surface area contributed by atoms with Crippen molar-refractivity contribution in [3.8, 4) is 17.2 Å². The van der Waals surface area contributed by atoms with E-state index >= 15 is 0 Å². The number of amides is 1. The highest BCUT2D eigenvalue weighted by Gasteiger charge is 2.44. The Hall–Kier alpha value is -3.82. The highest BCUT2D eigenvalue weighted by atomic mass is 16.5. The number of carbonyl (C=O) groups excluding carboxylic acids is 2. The number of morpholine rings is 1. The number of quaternary nitrogens is 1. The van der Waals surface area contributed by atoms with Crippen LogP contribution in [-0.4, -0.2) is 76.8 Å². The average Bonchev–Trinajstić information content (AvgIpc) is 3.21. The summed E-state index contributed by atoms with van der Waals surface area (Å²) in [4.78, 5) is 29.5. The van der Waals surface area contributed by atoms with Crippen LogP contribution in [0.15, 0.2) is 60.7 Å². The second-order valence-electron chi connectivity index (χ2n) is 9.18. The lowest BCUT2D eigenvalue weighted by atomic mass is 9.95. The van der Waals surface area contributed by atoms with E-state index in [0.717, 1.165) is 19.6 Å². The number of benzene rings is 2. The number of rotatable bonds is 11. The fourth-order valence-corrected chi connectivity index (χ4v) is 4.89. The van der Waals surface area contributed by atoms with Gasteiger partial charge in [-0.15, -0.1) is 0 Å². The molecule has 4 rings (SSSR count). The third-order valence-corrected chi connectivity index (χ3v) is 6.87. The predicted molar refractivity (Wildman–Crippen MR) is 139 cm³/mol. The van der Waals surface area contributed by atoms with Crippen molar-refractivity contribution in [2.24, 2.45) is 0 Å². The monoisotopic (exact) mass is 522 g/mol. The van der Waals surface area contributed by atoms with Gasteiger partial charge in [0.2, 0.25) is 5.78 Å². The summed E-state index contributed by atoms with van der Waals surface area (Å²) in [7, 11) is 3.05. The molecule has 0 aliphatic carbocycles. The van der Waals surface area contributed by atoms with Crippen molar-refractivity contribution in [2.75, 3.05) is 60.2 Å². The number of ketones is 1. The highest BCUT2D eigenvalue weighted by molar-refractivity contribution is 6.46. The molecule has 9 nitrogen and oxygen atoms in total. The molecular formula is C29H34N2O7. The third-order valence-electron chi connectivity index (χ3n) is 6.87. The average molecular weight is 523 g/mol. The first kappa shape index (κ1) is 27.2. The van der Waals surface area contributed by atoms with Gasteiger partial charge in [-0.2, -0.15) is 0 Å². The Labute approximate surface area is 222 Å². The van der Waals surface area contributed by atoms with Gasteiger partial charge in [0.05, 0.1) is 40.0 Å². The van der Waals surface area contributed by atoms with Crippen LogP contribution in [0.5, 0.6) is 17.2 Å². The molecule has 2 aliphatic heterocycles.